The van der Waals surface area contributed by atoms with Crippen LogP contribution in [0.25, 0.3) is 0 Å². The monoisotopic (exact) mass is 385 g/mol. The molecule has 1 aliphatic rings. The second-order valence-electron chi connectivity index (χ2n) is 6.62. The fourth-order valence-corrected chi connectivity index (χ4v) is 4.99. The highest BCUT2D eigenvalue weighted by atomic mass is 32.2. The van der Waals surface area contributed by atoms with Crippen molar-refractivity contribution in [2.45, 2.75) is 36.1 Å². The fourth-order valence-electron chi connectivity index (χ4n) is 3.21. The summed E-state index contributed by atoms with van der Waals surface area (Å²) < 4.78 is 67.8. The number of benzene rings is 2. The lowest BCUT2D eigenvalue weighted by Crippen LogP contribution is -2.54. The molecule has 26 heavy (non-hydrogen) atoms. The summed E-state index contributed by atoms with van der Waals surface area (Å²) in [6, 6.07) is 12.9. The van der Waals surface area contributed by atoms with E-state index < -0.39 is 33.9 Å². The van der Waals surface area contributed by atoms with Crippen LogP contribution in [0, 0.1) is 6.92 Å². The van der Waals surface area contributed by atoms with Crippen LogP contribution in [0.15, 0.2) is 59.5 Å². The van der Waals surface area contributed by atoms with E-state index in [-0.39, 0.29) is 10.5 Å². The van der Waals surface area contributed by atoms with E-state index >= 15 is 0 Å². The van der Waals surface area contributed by atoms with Gasteiger partial charge in [0.25, 0.3) is 0 Å². The summed E-state index contributed by atoms with van der Waals surface area (Å²) in [5, 5.41) is 10.8. The lowest BCUT2D eigenvalue weighted by atomic mass is 9.82. The second-order valence-corrected chi connectivity index (χ2v) is 8.48. The third-order valence-corrected chi connectivity index (χ3v) is 6.80. The first-order valence-corrected chi connectivity index (χ1v) is 9.33. The molecule has 0 spiro atoms. The van der Waals surface area contributed by atoms with Crippen LogP contribution in [0.4, 0.5) is 13.2 Å². The molecule has 3 rings (SSSR count). The molecule has 140 valence electrons. The van der Waals surface area contributed by atoms with E-state index in [1.54, 1.807) is 13.0 Å². The largest absolute Gasteiger partial charge is 0.412 e. The number of hydrogen-bond donors (Lipinski definition) is 1. The van der Waals surface area contributed by atoms with E-state index in [0.29, 0.717) is 4.31 Å². The predicted octanol–water partition coefficient (Wildman–Crippen LogP) is 3.21. The van der Waals surface area contributed by atoms with Crippen molar-refractivity contribution in [1.29, 1.82) is 0 Å². The highest BCUT2D eigenvalue weighted by Crippen LogP contribution is 2.59. The van der Waals surface area contributed by atoms with Crippen molar-refractivity contribution in [2.24, 2.45) is 0 Å². The Balaban J connectivity index is 2.10. The van der Waals surface area contributed by atoms with Crippen LogP contribution in [-0.4, -0.2) is 36.1 Å². The molecule has 4 nitrogen and oxygen atoms in total. The van der Waals surface area contributed by atoms with Gasteiger partial charge in [0.2, 0.25) is 10.0 Å². The molecule has 2 aromatic carbocycles. The average Bonchev–Trinajstić information content (AvgIpc) is 3.34. The number of aliphatic hydroxyl groups is 1. The van der Waals surface area contributed by atoms with Crippen molar-refractivity contribution in [3.05, 3.63) is 65.7 Å². The van der Waals surface area contributed by atoms with E-state index in [1.165, 1.54) is 48.5 Å². The molecule has 0 bridgehead atoms. The van der Waals surface area contributed by atoms with Gasteiger partial charge in [-0.05, 0) is 31.5 Å². The van der Waals surface area contributed by atoms with Gasteiger partial charge in [-0.2, -0.15) is 17.5 Å². The highest BCUT2D eigenvalue weighted by Gasteiger charge is 2.81. The molecule has 0 aliphatic carbocycles. The van der Waals surface area contributed by atoms with Crippen LogP contribution in [-0.2, 0) is 15.6 Å². The highest BCUT2D eigenvalue weighted by molar-refractivity contribution is 7.89. The molecule has 1 aliphatic heterocycles. The maximum atomic E-state index is 14.0. The van der Waals surface area contributed by atoms with Crippen LogP contribution in [0.1, 0.15) is 18.1 Å². The molecular formula is C18H18F3NO3S. The van der Waals surface area contributed by atoms with Crippen molar-refractivity contribution < 1.29 is 26.7 Å². The van der Waals surface area contributed by atoms with Crippen LogP contribution < -0.4 is 0 Å². The van der Waals surface area contributed by atoms with E-state index in [1.807, 2.05) is 0 Å². The number of nitrogens with zero attached hydrogens (tertiary/aromatic N) is 1. The molecule has 2 aromatic rings. The molecule has 0 amide bonds. The van der Waals surface area contributed by atoms with Crippen LogP contribution in [0.3, 0.4) is 0 Å². The van der Waals surface area contributed by atoms with E-state index in [4.69, 9.17) is 0 Å². The first-order chi connectivity index (χ1) is 11.9. The number of rotatable bonds is 4. The molecule has 1 N–H and O–H groups in total. The summed E-state index contributed by atoms with van der Waals surface area (Å²) in [7, 11) is -4.41. The number of hydrogen-bond acceptors (Lipinski definition) is 3. The lowest BCUT2D eigenvalue weighted by molar-refractivity contribution is -0.214. The Morgan fingerprint density at radius 3 is 2.08 bits per heavy atom. The van der Waals surface area contributed by atoms with Gasteiger partial charge in [-0.25, -0.2) is 8.42 Å². The number of alkyl halides is 3. The summed E-state index contributed by atoms with van der Waals surface area (Å²) in [6.07, 6.45) is -4.95. The van der Waals surface area contributed by atoms with Gasteiger partial charge in [-0.3, -0.25) is 0 Å². The van der Waals surface area contributed by atoms with E-state index in [0.717, 1.165) is 12.5 Å². The summed E-state index contributed by atoms with van der Waals surface area (Å²) in [6.45, 7) is 1.91. The molecule has 1 heterocycles. The molecule has 0 radical (unpaired) electrons. The zero-order chi connectivity index (χ0) is 19.4. The zero-order valence-electron chi connectivity index (χ0n) is 14.2. The summed E-state index contributed by atoms with van der Waals surface area (Å²) in [5.41, 5.74) is -4.57. The molecular weight excluding hydrogens is 367 g/mol. The van der Waals surface area contributed by atoms with Crippen molar-refractivity contribution >= 4 is 10.0 Å². The Labute approximate surface area is 149 Å². The van der Waals surface area contributed by atoms with Gasteiger partial charge >= 0.3 is 6.18 Å². The third-order valence-electron chi connectivity index (χ3n) is 4.91. The summed E-state index contributed by atoms with van der Waals surface area (Å²) >= 11 is 0. The molecule has 1 fully saturated rings. The van der Waals surface area contributed by atoms with Crippen molar-refractivity contribution in [1.82, 2.24) is 4.31 Å². The number of halogens is 3. The minimum Gasteiger partial charge on any atom is -0.383 e. The minimum absolute atomic E-state index is 0.000990. The Morgan fingerprint density at radius 2 is 1.58 bits per heavy atom. The predicted molar refractivity (Wildman–Crippen MR) is 89.9 cm³/mol. The van der Waals surface area contributed by atoms with Crippen molar-refractivity contribution in [3.8, 4) is 0 Å². The average molecular weight is 385 g/mol. The minimum atomic E-state index is -4.95. The Hall–Kier alpha value is -1.90. The SMILES string of the molecule is Cc1ccc(S(=O)(=O)N2C[C@@]2(C(F)(F)F)C(C)(O)c2ccccc2)cc1. The Morgan fingerprint density at radius 1 is 1.04 bits per heavy atom. The quantitative estimate of drug-likeness (QED) is 0.823. The first-order valence-electron chi connectivity index (χ1n) is 7.89. The van der Waals surface area contributed by atoms with E-state index in [2.05, 4.69) is 0 Å². The normalized spacial score (nSPS) is 25.5. The van der Waals surface area contributed by atoms with Crippen LogP contribution in [0.5, 0.6) is 0 Å². The lowest BCUT2D eigenvalue weighted by Gasteiger charge is -2.35. The Kier molecular flexibility index (Phi) is 4.21. The van der Waals surface area contributed by atoms with Gasteiger partial charge in [0.15, 0.2) is 5.54 Å². The summed E-state index contributed by atoms with van der Waals surface area (Å²) in [4.78, 5) is -0.238. The molecule has 0 saturated carbocycles. The maximum absolute atomic E-state index is 14.0. The van der Waals surface area contributed by atoms with Crippen LogP contribution in [0.2, 0.25) is 0 Å². The maximum Gasteiger partial charge on any atom is 0.412 e. The zero-order valence-corrected chi connectivity index (χ0v) is 15.0. The van der Waals surface area contributed by atoms with Gasteiger partial charge in [0.1, 0.15) is 5.60 Å². The van der Waals surface area contributed by atoms with Gasteiger partial charge in [-0.1, -0.05) is 48.0 Å². The smallest absolute Gasteiger partial charge is 0.383 e. The molecule has 3 atom stereocenters. The topological polar surface area (TPSA) is 57.4 Å². The third kappa shape index (κ3) is 2.64. The molecule has 8 heteroatoms. The van der Waals surface area contributed by atoms with Gasteiger partial charge < -0.3 is 5.11 Å². The Bertz CT molecular complexity index is 909. The second kappa shape index (κ2) is 5.80. The molecule has 2 unspecified atom stereocenters. The number of sulfonamides is 1. The fraction of sp³-hybridized carbons (Fsp3) is 0.333. The standard InChI is InChI=1S/C18H18F3NO3S/c1-13-8-10-15(11-9-13)26(24,25)22-12-17(22,18(19,20)21)16(2,23)14-6-4-3-5-7-14/h3-11,23H,12H2,1-2H3/t16?,17-,22?/m0/s1. The van der Waals surface area contributed by atoms with Crippen molar-refractivity contribution in [3.63, 3.8) is 0 Å². The first kappa shape index (κ1) is 18.9. The summed E-state index contributed by atoms with van der Waals surface area (Å²) in [5.74, 6) is 0. The van der Waals surface area contributed by atoms with Gasteiger partial charge in [0, 0.05) is 6.54 Å². The number of aryl methyl sites for hydroxylation is 1. The molecule has 1 saturated heterocycles. The van der Waals surface area contributed by atoms with Crippen molar-refractivity contribution in [2.75, 3.05) is 6.54 Å². The van der Waals surface area contributed by atoms with Gasteiger partial charge in [-0.15, -0.1) is 0 Å². The molecule has 0 aromatic heterocycles. The van der Waals surface area contributed by atoms with Gasteiger partial charge in [0.05, 0.1) is 4.90 Å². The van der Waals surface area contributed by atoms with Crippen LogP contribution >= 0.6 is 0 Å². The van der Waals surface area contributed by atoms with E-state index in [9.17, 15) is 26.7 Å².